The molecule has 0 aliphatic heterocycles. The summed E-state index contributed by atoms with van der Waals surface area (Å²) >= 11 is 1.73. The third kappa shape index (κ3) is 4.60. The zero-order valence-corrected chi connectivity index (χ0v) is 11.6. The molecule has 1 aromatic heterocycles. The van der Waals surface area contributed by atoms with Gasteiger partial charge < -0.3 is 5.32 Å². The molecule has 1 N–H and O–H groups in total. The van der Waals surface area contributed by atoms with Gasteiger partial charge >= 0.3 is 0 Å². The van der Waals surface area contributed by atoms with Crippen LogP contribution < -0.4 is 5.32 Å². The monoisotopic (exact) mass is 241 g/mol. The summed E-state index contributed by atoms with van der Waals surface area (Å²) in [6.07, 6.45) is 2.47. The van der Waals surface area contributed by atoms with Crippen LogP contribution in [0.1, 0.15) is 30.5 Å². The molecular formula is C12H23N3S. The van der Waals surface area contributed by atoms with Gasteiger partial charge in [-0.3, -0.25) is 4.90 Å². The topological polar surface area (TPSA) is 28.2 Å². The summed E-state index contributed by atoms with van der Waals surface area (Å²) in [5.41, 5.74) is 1.20. The number of nitrogens with zero attached hydrogens (tertiary/aromatic N) is 2. The molecule has 0 aliphatic rings. The predicted octanol–water partition coefficient (Wildman–Crippen LogP) is 2.27. The van der Waals surface area contributed by atoms with Crippen molar-refractivity contribution in [2.45, 2.75) is 39.3 Å². The number of aromatic nitrogens is 1. The van der Waals surface area contributed by atoms with E-state index in [2.05, 4.69) is 41.5 Å². The van der Waals surface area contributed by atoms with Gasteiger partial charge in [-0.15, -0.1) is 11.3 Å². The molecule has 1 atom stereocenters. The standard InChI is InChI=1S/C12H23N3S/c1-10(6-5-7-13-3)15(4)8-12-9-16-11(2)14-12/h9-10,13H,5-8H2,1-4H3. The van der Waals surface area contributed by atoms with Gasteiger partial charge in [0, 0.05) is 18.0 Å². The lowest BCUT2D eigenvalue weighted by atomic mass is 10.1. The third-order valence-corrected chi connectivity index (χ3v) is 3.70. The minimum Gasteiger partial charge on any atom is -0.320 e. The number of thiazole rings is 1. The Bertz CT molecular complexity index is 298. The van der Waals surface area contributed by atoms with Crippen molar-refractivity contribution in [2.75, 3.05) is 20.6 Å². The zero-order valence-electron chi connectivity index (χ0n) is 10.8. The van der Waals surface area contributed by atoms with Gasteiger partial charge in [0.2, 0.25) is 0 Å². The first-order valence-electron chi connectivity index (χ1n) is 5.89. The summed E-state index contributed by atoms with van der Waals surface area (Å²) in [4.78, 5) is 6.87. The van der Waals surface area contributed by atoms with Crippen LogP contribution in [0.2, 0.25) is 0 Å². The van der Waals surface area contributed by atoms with Crippen molar-refractivity contribution < 1.29 is 0 Å². The van der Waals surface area contributed by atoms with Crippen LogP contribution >= 0.6 is 11.3 Å². The Balaban J connectivity index is 2.30. The Morgan fingerprint density at radius 2 is 2.31 bits per heavy atom. The molecule has 16 heavy (non-hydrogen) atoms. The summed E-state index contributed by atoms with van der Waals surface area (Å²) in [5.74, 6) is 0. The fraction of sp³-hybridized carbons (Fsp3) is 0.750. The van der Waals surface area contributed by atoms with Crippen molar-refractivity contribution in [2.24, 2.45) is 0 Å². The smallest absolute Gasteiger partial charge is 0.0897 e. The quantitative estimate of drug-likeness (QED) is 0.742. The maximum Gasteiger partial charge on any atom is 0.0897 e. The maximum atomic E-state index is 4.49. The van der Waals surface area contributed by atoms with Crippen LogP contribution in [0, 0.1) is 6.92 Å². The second-order valence-corrected chi connectivity index (χ2v) is 5.43. The first-order valence-corrected chi connectivity index (χ1v) is 6.77. The number of hydrogen-bond donors (Lipinski definition) is 1. The fourth-order valence-electron chi connectivity index (χ4n) is 1.69. The van der Waals surface area contributed by atoms with E-state index in [1.807, 2.05) is 7.05 Å². The van der Waals surface area contributed by atoms with E-state index >= 15 is 0 Å². The molecule has 0 spiro atoms. The maximum absolute atomic E-state index is 4.49. The molecule has 0 aromatic carbocycles. The van der Waals surface area contributed by atoms with Crippen LogP contribution in [-0.2, 0) is 6.54 Å². The van der Waals surface area contributed by atoms with E-state index in [-0.39, 0.29) is 0 Å². The van der Waals surface area contributed by atoms with Crippen LogP contribution in [0.25, 0.3) is 0 Å². The van der Waals surface area contributed by atoms with Crippen molar-refractivity contribution in [3.05, 3.63) is 16.1 Å². The SMILES string of the molecule is CNCCCC(C)N(C)Cc1csc(C)n1. The molecule has 0 saturated heterocycles. The van der Waals surface area contributed by atoms with Crippen LogP contribution in [0.5, 0.6) is 0 Å². The summed E-state index contributed by atoms with van der Waals surface area (Å²) in [6.45, 7) is 6.42. The van der Waals surface area contributed by atoms with Gasteiger partial charge in [0.1, 0.15) is 0 Å². The molecule has 1 unspecified atom stereocenters. The van der Waals surface area contributed by atoms with Crippen molar-refractivity contribution in [1.29, 1.82) is 0 Å². The minimum absolute atomic E-state index is 0.621. The number of aryl methyl sites for hydroxylation is 1. The predicted molar refractivity (Wildman–Crippen MR) is 70.9 cm³/mol. The average molecular weight is 241 g/mol. The highest BCUT2D eigenvalue weighted by Crippen LogP contribution is 2.12. The van der Waals surface area contributed by atoms with Gasteiger partial charge in [-0.05, 0) is 47.3 Å². The first-order chi connectivity index (χ1) is 7.63. The summed E-state index contributed by atoms with van der Waals surface area (Å²) in [6, 6.07) is 0.621. The average Bonchev–Trinajstić information content (AvgIpc) is 2.64. The van der Waals surface area contributed by atoms with Gasteiger partial charge in [0.05, 0.1) is 10.7 Å². The molecule has 0 amide bonds. The summed E-state index contributed by atoms with van der Waals surface area (Å²) in [7, 11) is 4.19. The van der Waals surface area contributed by atoms with Gasteiger partial charge in [-0.2, -0.15) is 0 Å². The molecule has 4 heteroatoms. The van der Waals surface area contributed by atoms with E-state index in [0.717, 1.165) is 18.1 Å². The van der Waals surface area contributed by atoms with Crippen molar-refractivity contribution in [3.8, 4) is 0 Å². The molecule has 0 aliphatic carbocycles. The molecule has 3 nitrogen and oxygen atoms in total. The first kappa shape index (κ1) is 13.6. The molecule has 1 rings (SSSR count). The van der Waals surface area contributed by atoms with Gasteiger partial charge in [-0.1, -0.05) is 0 Å². The lowest BCUT2D eigenvalue weighted by Gasteiger charge is -2.23. The van der Waals surface area contributed by atoms with E-state index in [4.69, 9.17) is 0 Å². The number of rotatable bonds is 7. The van der Waals surface area contributed by atoms with Crippen LogP contribution in [0.3, 0.4) is 0 Å². The second-order valence-electron chi connectivity index (χ2n) is 4.37. The molecular weight excluding hydrogens is 218 g/mol. The van der Waals surface area contributed by atoms with E-state index in [1.54, 1.807) is 11.3 Å². The minimum atomic E-state index is 0.621. The normalized spacial score (nSPS) is 13.3. The highest BCUT2D eigenvalue weighted by Gasteiger charge is 2.10. The fourth-order valence-corrected chi connectivity index (χ4v) is 2.29. The van der Waals surface area contributed by atoms with Crippen molar-refractivity contribution >= 4 is 11.3 Å². The second kappa shape index (κ2) is 6.99. The van der Waals surface area contributed by atoms with Gasteiger partial charge in [0.15, 0.2) is 0 Å². The van der Waals surface area contributed by atoms with E-state index < -0.39 is 0 Å². The van der Waals surface area contributed by atoms with Crippen LogP contribution in [-0.4, -0.2) is 36.6 Å². The highest BCUT2D eigenvalue weighted by atomic mass is 32.1. The largest absolute Gasteiger partial charge is 0.320 e. The van der Waals surface area contributed by atoms with E-state index in [0.29, 0.717) is 6.04 Å². The molecule has 92 valence electrons. The number of nitrogens with one attached hydrogen (secondary N) is 1. The lowest BCUT2D eigenvalue weighted by Crippen LogP contribution is -2.29. The van der Waals surface area contributed by atoms with Crippen LogP contribution in [0.4, 0.5) is 0 Å². The Labute approximate surface area is 103 Å². The van der Waals surface area contributed by atoms with Crippen molar-refractivity contribution in [3.63, 3.8) is 0 Å². The lowest BCUT2D eigenvalue weighted by molar-refractivity contribution is 0.232. The molecule has 0 radical (unpaired) electrons. The summed E-state index contributed by atoms with van der Waals surface area (Å²) < 4.78 is 0. The Morgan fingerprint density at radius 3 is 2.88 bits per heavy atom. The molecule has 1 heterocycles. The number of hydrogen-bond acceptors (Lipinski definition) is 4. The van der Waals surface area contributed by atoms with Crippen molar-refractivity contribution in [1.82, 2.24) is 15.2 Å². The van der Waals surface area contributed by atoms with Gasteiger partial charge in [-0.25, -0.2) is 4.98 Å². The molecule has 0 bridgehead atoms. The molecule has 1 aromatic rings. The Kier molecular flexibility index (Phi) is 5.95. The third-order valence-electron chi connectivity index (χ3n) is 2.88. The molecule has 0 fully saturated rings. The van der Waals surface area contributed by atoms with Gasteiger partial charge in [0.25, 0.3) is 0 Å². The zero-order chi connectivity index (χ0) is 12.0. The van der Waals surface area contributed by atoms with Crippen LogP contribution in [0.15, 0.2) is 5.38 Å². The Hall–Kier alpha value is -0.450. The summed E-state index contributed by atoms with van der Waals surface area (Å²) in [5, 5.41) is 6.50. The Morgan fingerprint density at radius 1 is 1.56 bits per heavy atom. The molecule has 0 saturated carbocycles. The van der Waals surface area contributed by atoms with E-state index in [9.17, 15) is 0 Å². The highest BCUT2D eigenvalue weighted by molar-refractivity contribution is 7.09. The van der Waals surface area contributed by atoms with E-state index in [1.165, 1.54) is 18.5 Å².